The predicted molar refractivity (Wildman–Crippen MR) is 107 cm³/mol. The van der Waals surface area contributed by atoms with Gasteiger partial charge < -0.3 is 14.4 Å². The summed E-state index contributed by atoms with van der Waals surface area (Å²) in [6, 6.07) is 22.4. The summed E-state index contributed by atoms with van der Waals surface area (Å²) < 4.78 is 11.5. The maximum absolute atomic E-state index is 6.02. The summed E-state index contributed by atoms with van der Waals surface area (Å²) in [4.78, 5) is 5.83. The van der Waals surface area contributed by atoms with Gasteiger partial charge in [-0.25, -0.2) is 0 Å². The van der Waals surface area contributed by atoms with Gasteiger partial charge in [-0.15, -0.1) is 0 Å². The topological polar surface area (TPSA) is 35.8 Å². The van der Waals surface area contributed by atoms with E-state index in [9.17, 15) is 0 Å². The molecule has 4 heteroatoms. The molecule has 0 saturated heterocycles. The van der Waals surface area contributed by atoms with E-state index in [4.69, 9.17) is 9.47 Å². The molecule has 0 aliphatic carbocycles. The highest BCUT2D eigenvalue weighted by Gasteiger charge is 2.10. The lowest BCUT2D eigenvalue weighted by atomic mass is 10.1. The highest BCUT2D eigenvalue weighted by molar-refractivity contribution is 5.43. The van der Waals surface area contributed by atoms with E-state index in [1.54, 1.807) is 7.11 Å². The summed E-state index contributed by atoms with van der Waals surface area (Å²) in [5, 5.41) is 0. The van der Waals surface area contributed by atoms with Crippen molar-refractivity contribution in [3.63, 3.8) is 0 Å². The fourth-order valence-electron chi connectivity index (χ4n) is 3.00. The Balaban J connectivity index is 1.60. The van der Waals surface area contributed by atoms with E-state index < -0.39 is 0 Å². The van der Waals surface area contributed by atoms with Crippen LogP contribution in [0.1, 0.15) is 16.8 Å². The van der Waals surface area contributed by atoms with Gasteiger partial charge in [-0.3, -0.25) is 4.98 Å². The summed E-state index contributed by atoms with van der Waals surface area (Å²) in [5.41, 5.74) is 3.51. The summed E-state index contributed by atoms with van der Waals surface area (Å²) >= 11 is 0. The zero-order valence-electron chi connectivity index (χ0n) is 16.0. The summed E-state index contributed by atoms with van der Waals surface area (Å²) in [7, 11) is 3.88. The molecule has 3 rings (SSSR count). The van der Waals surface area contributed by atoms with Gasteiger partial charge in [0.2, 0.25) is 0 Å². The quantitative estimate of drug-likeness (QED) is 0.635. The van der Waals surface area contributed by atoms with Gasteiger partial charge in [-0.2, -0.15) is 0 Å². The van der Waals surface area contributed by atoms with Gasteiger partial charge in [0, 0.05) is 23.9 Å². The monoisotopic (exact) mass is 363 g/mol. The van der Waals surface area contributed by atoms with Crippen molar-refractivity contribution < 1.29 is 14.4 Å². The lowest BCUT2D eigenvalue weighted by Crippen LogP contribution is -3.07. The molecule has 2 aromatic carbocycles. The van der Waals surface area contributed by atoms with E-state index in [0.717, 1.165) is 42.3 Å². The summed E-state index contributed by atoms with van der Waals surface area (Å²) in [5.74, 6) is 1.55. The maximum Gasteiger partial charge on any atom is 0.162 e. The Morgan fingerprint density at radius 2 is 1.70 bits per heavy atom. The van der Waals surface area contributed by atoms with Crippen molar-refractivity contribution in [2.24, 2.45) is 0 Å². The third-order valence-electron chi connectivity index (χ3n) is 4.51. The second-order valence-electron chi connectivity index (χ2n) is 6.71. The van der Waals surface area contributed by atoms with E-state index in [1.165, 1.54) is 10.5 Å². The van der Waals surface area contributed by atoms with Crippen LogP contribution >= 0.6 is 0 Å². The van der Waals surface area contributed by atoms with Gasteiger partial charge in [0.1, 0.15) is 13.2 Å². The molecule has 4 nitrogen and oxygen atoms in total. The number of benzene rings is 2. The van der Waals surface area contributed by atoms with Crippen molar-refractivity contribution in [2.75, 3.05) is 20.7 Å². The van der Waals surface area contributed by atoms with Crippen LogP contribution in [0.3, 0.4) is 0 Å². The Bertz CT molecular complexity index is 822. The van der Waals surface area contributed by atoms with Crippen LogP contribution in [0.25, 0.3) is 0 Å². The lowest BCUT2D eigenvalue weighted by molar-refractivity contribution is -0.893. The summed E-state index contributed by atoms with van der Waals surface area (Å²) in [6.07, 6.45) is 2.82. The van der Waals surface area contributed by atoms with Crippen LogP contribution in [-0.4, -0.2) is 25.7 Å². The van der Waals surface area contributed by atoms with Crippen molar-refractivity contribution in [3.05, 3.63) is 89.7 Å². The first-order valence-corrected chi connectivity index (χ1v) is 9.29. The number of hydrogen-bond donors (Lipinski definition) is 1. The normalized spacial score (nSPS) is 11.8. The van der Waals surface area contributed by atoms with E-state index >= 15 is 0 Å². The average molecular weight is 363 g/mol. The Morgan fingerprint density at radius 3 is 2.44 bits per heavy atom. The Morgan fingerprint density at radius 1 is 0.889 bits per heavy atom. The number of likely N-dealkylation sites (N-methyl/N-ethyl adjacent to an activating group) is 1. The zero-order valence-corrected chi connectivity index (χ0v) is 16.0. The molecule has 3 aromatic rings. The van der Waals surface area contributed by atoms with Gasteiger partial charge >= 0.3 is 0 Å². The fraction of sp³-hybridized carbons (Fsp3) is 0.261. The lowest BCUT2D eigenvalue weighted by Gasteiger charge is -2.16. The number of hydrogen-bond acceptors (Lipinski definition) is 3. The molecule has 0 spiro atoms. The molecule has 0 bridgehead atoms. The maximum atomic E-state index is 6.02. The molecule has 0 aliphatic rings. The number of aromatic nitrogens is 1. The molecule has 1 heterocycles. The molecule has 140 valence electrons. The van der Waals surface area contributed by atoms with Crippen LogP contribution in [0.4, 0.5) is 0 Å². The predicted octanol–water partition coefficient (Wildman–Crippen LogP) is 2.93. The Hall–Kier alpha value is -2.85. The second kappa shape index (κ2) is 9.74. The molecule has 0 aliphatic heterocycles. The molecule has 1 atom stereocenters. The average Bonchev–Trinajstić information content (AvgIpc) is 2.72. The molecule has 1 unspecified atom stereocenters. The SMILES string of the molecule is COc1ccc(C[NH+](C)CCc2ccccn2)cc1OCc1ccccc1. The van der Waals surface area contributed by atoms with Crippen LogP contribution < -0.4 is 14.4 Å². The highest BCUT2D eigenvalue weighted by atomic mass is 16.5. The van der Waals surface area contributed by atoms with Crippen LogP contribution in [0.2, 0.25) is 0 Å². The first-order chi connectivity index (χ1) is 13.2. The number of pyridine rings is 1. The first-order valence-electron chi connectivity index (χ1n) is 9.29. The first kappa shape index (κ1) is 18.9. The molecule has 1 N–H and O–H groups in total. The minimum absolute atomic E-state index is 0.531. The van der Waals surface area contributed by atoms with E-state index in [1.807, 2.05) is 42.6 Å². The van der Waals surface area contributed by atoms with Crippen molar-refractivity contribution in [1.82, 2.24) is 4.98 Å². The highest BCUT2D eigenvalue weighted by Crippen LogP contribution is 2.28. The van der Waals surface area contributed by atoms with Gasteiger partial charge in [-0.05, 0) is 35.9 Å². The molecular formula is C23H27N2O2+. The second-order valence-corrected chi connectivity index (χ2v) is 6.71. The summed E-state index contributed by atoms with van der Waals surface area (Å²) in [6.45, 7) is 2.49. The van der Waals surface area contributed by atoms with Crippen LogP contribution in [0.15, 0.2) is 72.9 Å². The zero-order chi connectivity index (χ0) is 18.9. The molecule has 27 heavy (non-hydrogen) atoms. The van der Waals surface area contributed by atoms with Crippen LogP contribution in [0.5, 0.6) is 11.5 Å². The third kappa shape index (κ3) is 5.83. The third-order valence-corrected chi connectivity index (χ3v) is 4.51. The van der Waals surface area contributed by atoms with Crippen LogP contribution in [0, 0.1) is 0 Å². The molecule has 0 saturated carbocycles. The van der Waals surface area contributed by atoms with Gasteiger partial charge in [0.25, 0.3) is 0 Å². The van der Waals surface area contributed by atoms with Gasteiger partial charge in [-0.1, -0.05) is 36.4 Å². The number of nitrogens with one attached hydrogen (secondary N) is 1. The minimum Gasteiger partial charge on any atom is -0.493 e. The standard InChI is InChI=1S/C23H26N2O2/c1-25(15-13-21-10-6-7-14-24-21)17-20-11-12-22(26-2)23(16-20)27-18-19-8-4-3-5-9-19/h3-12,14,16H,13,15,17-18H2,1-2H3/p+1. The minimum atomic E-state index is 0.531. The molecule has 0 radical (unpaired) electrons. The number of rotatable bonds is 9. The largest absolute Gasteiger partial charge is 0.493 e. The van der Waals surface area contributed by atoms with E-state index in [0.29, 0.717) is 6.61 Å². The number of quaternary nitrogens is 1. The number of ether oxygens (including phenoxy) is 2. The molecular weight excluding hydrogens is 336 g/mol. The smallest absolute Gasteiger partial charge is 0.162 e. The number of nitrogens with zero attached hydrogens (tertiary/aromatic N) is 1. The molecule has 1 aromatic heterocycles. The van der Waals surface area contributed by atoms with Crippen molar-refractivity contribution >= 4 is 0 Å². The van der Waals surface area contributed by atoms with Crippen molar-refractivity contribution in [3.8, 4) is 11.5 Å². The number of methoxy groups -OCH3 is 1. The Kier molecular flexibility index (Phi) is 6.83. The van der Waals surface area contributed by atoms with Crippen LogP contribution in [-0.2, 0) is 19.6 Å². The van der Waals surface area contributed by atoms with Crippen molar-refractivity contribution in [2.45, 2.75) is 19.6 Å². The fourth-order valence-corrected chi connectivity index (χ4v) is 3.00. The van der Waals surface area contributed by atoms with Crippen molar-refractivity contribution in [1.29, 1.82) is 0 Å². The van der Waals surface area contributed by atoms with E-state index in [2.05, 4.69) is 42.4 Å². The van der Waals surface area contributed by atoms with E-state index in [-0.39, 0.29) is 0 Å². The molecule has 0 amide bonds. The molecule has 0 fully saturated rings. The van der Waals surface area contributed by atoms with Gasteiger partial charge in [0.05, 0.1) is 20.7 Å². The Labute approximate surface area is 161 Å². The van der Waals surface area contributed by atoms with Gasteiger partial charge in [0.15, 0.2) is 11.5 Å².